The van der Waals surface area contributed by atoms with Crippen LogP contribution in [0.15, 0.2) is 30.3 Å². The normalized spacial score (nSPS) is 31.1. The van der Waals surface area contributed by atoms with Gasteiger partial charge in [0.05, 0.1) is 5.56 Å². The van der Waals surface area contributed by atoms with Gasteiger partial charge in [-0.3, -0.25) is 4.74 Å². The Labute approximate surface area is 114 Å². The molecule has 1 aromatic rings. The van der Waals surface area contributed by atoms with Gasteiger partial charge < -0.3 is 5.21 Å². The minimum absolute atomic E-state index is 0.231. The van der Waals surface area contributed by atoms with Crippen molar-refractivity contribution in [2.75, 3.05) is 0 Å². The molecular weight excluding hydrogens is 240 g/mol. The van der Waals surface area contributed by atoms with Crippen molar-refractivity contribution in [3.63, 3.8) is 0 Å². The molecular formula is C15H21N2O2. The summed E-state index contributed by atoms with van der Waals surface area (Å²) < 4.78 is 0.916. The van der Waals surface area contributed by atoms with Gasteiger partial charge in [-0.15, -0.1) is 0 Å². The molecule has 4 heteroatoms. The topological polar surface area (TPSA) is 49.2 Å². The molecule has 0 bridgehead atoms. The lowest BCUT2D eigenvalue weighted by molar-refractivity contribution is -0.546. The lowest BCUT2D eigenvalue weighted by atomic mass is 9.77. The second-order valence-corrected chi connectivity index (χ2v) is 5.53. The molecule has 0 aromatic heterocycles. The van der Waals surface area contributed by atoms with Crippen molar-refractivity contribution < 1.29 is 9.95 Å². The molecule has 2 atom stereocenters. The molecule has 0 N–H and O–H groups in total. The van der Waals surface area contributed by atoms with E-state index < -0.39 is 11.1 Å². The zero-order valence-electron chi connectivity index (χ0n) is 12.0. The fourth-order valence-electron chi connectivity index (χ4n) is 2.86. The molecule has 2 rings (SSSR count). The molecule has 0 amide bonds. The zero-order chi connectivity index (χ0) is 14.3. The van der Waals surface area contributed by atoms with Crippen LogP contribution < -0.4 is 0 Å². The van der Waals surface area contributed by atoms with Crippen molar-refractivity contribution >= 4 is 5.84 Å². The van der Waals surface area contributed by atoms with Gasteiger partial charge in [-0.1, -0.05) is 37.1 Å². The molecule has 1 aliphatic heterocycles. The Morgan fingerprint density at radius 3 is 2.16 bits per heavy atom. The highest BCUT2D eigenvalue weighted by molar-refractivity contribution is 5.95. The monoisotopic (exact) mass is 261 g/mol. The third-order valence-electron chi connectivity index (χ3n) is 4.85. The molecule has 0 spiro atoms. The summed E-state index contributed by atoms with van der Waals surface area (Å²) in [5.41, 5.74) is -0.715. The first-order chi connectivity index (χ1) is 8.92. The first-order valence-corrected chi connectivity index (χ1v) is 6.79. The summed E-state index contributed by atoms with van der Waals surface area (Å²) in [5.74, 6) is 0.231. The van der Waals surface area contributed by atoms with Crippen molar-refractivity contribution in [3.05, 3.63) is 41.1 Å². The molecule has 1 aromatic carbocycles. The van der Waals surface area contributed by atoms with Crippen LogP contribution in [0.25, 0.3) is 0 Å². The summed E-state index contributed by atoms with van der Waals surface area (Å²) >= 11 is 0. The fourth-order valence-corrected chi connectivity index (χ4v) is 2.86. The van der Waals surface area contributed by atoms with E-state index in [1.54, 1.807) is 0 Å². The van der Waals surface area contributed by atoms with E-state index in [-0.39, 0.29) is 5.84 Å². The predicted molar refractivity (Wildman–Crippen MR) is 74.1 cm³/mol. The van der Waals surface area contributed by atoms with Gasteiger partial charge in [0.1, 0.15) is 0 Å². The van der Waals surface area contributed by atoms with Crippen LogP contribution in [-0.2, 0) is 5.21 Å². The van der Waals surface area contributed by atoms with Crippen LogP contribution in [0.2, 0.25) is 0 Å². The first kappa shape index (κ1) is 13.9. The standard InChI is InChI=1S/C15H21N2O2/c1-5-14(3)15(4,6-2)17(19)13(16(14)18)12-10-8-7-9-11-12/h7-11H,5-6H2,1-4H3/t14-,15+. The predicted octanol–water partition coefficient (Wildman–Crippen LogP) is 2.94. The third kappa shape index (κ3) is 1.66. The van der Waals surface area contributed by atoms with Gasteiger partial charge in [0.15, 0.2) is 11.1 Å². The quantitative estimate of drug-likeness (QED) is 0.620. The van der Waals surface area contributed by atoms with E-state index in [0.717, 1.165) is 9.80 Å². The number of hydroxylamine groups is 3. The maximum absolute atomic E-state index is 12.7. The minimum atomic E-state index is -0.700. The van der Waals surface area contributed by atoms with Gasteiger partial charge >= 0.3 is 5.84 Å². The largest absolute Gasteiger partial charge is 0.714 e. The van der Waals surface area contributed by atoms with E-state index in [1.807, 2.05) is 58.0 Å². The Morgan fingerprint density at radius 2 is 1.74 bits per heavy atom. The molecule has 0 fully saturated rings. The summed E-state index contributed by atoms with van der Waals surface area (Å²) in [5, 5.41) is 26.3. The number of amidine groups is 1. The van der Waals surface area contributed by atoms with Crippen molar-refractivity contribution in [1.29, 1.82) is 0 Å². The molecule has 0 saturated heterocycles. The van der Waals surface area contributed by atoms with Gasteiger partial charge in [0.2, 0.25) is 0 Å². The molecule has 1 aliphatic rings. The summed E-state index contributed by atoms with van der Waals surface area (Å²) in [4.78, 5) is 0. The van der Waals surface area contributed by atoms with Crippen molar-refractivity contribution in [2.45, 2.75) is 51.6 Å². The smallest absolute Gasteiger partial charge is 0.316 e. The SMILES string of the molecule is CC[C@@]1(C)N([O])C(c2ccccc2)=[N+]([O-])[C@@]1(C)CC. The molecule has 103 valence electrons. The number of hydrogen-bond donors (Lipinski definition) is 0. The van der Waals surface area contributed by atoms with E-state index in [9.17, 15) is 10.4 Å². The molecule has 0 saturated carbocycles. The fraction of sp³-hybridized carbons (Fsp3) is 0.533. The second-order valence-electron chi connectivity index (χ2n) is 5.53. The highest BCUT2D eigenvalue weighted by Crippen LogP contribution is 2.42. The molecule has 4 nitrogen and oxygen atoms in total. The Bertz CT molecular complexity index is 500. The van der Waals surface area contributed by atoms with Gasteiger partial charge in [-0.05, 0) is 38.8 Å². The molecule has 1 heterocycles. The summed E-state index contributed by atoms with van der Waals surface area (Å²) in [6.45, 7) is 7.68. The van der Waals surface area contributed by atoms with Gasteiger partial charge in [-0.2, -0.15) is 0 Å². The van der Waals surface area contributed by atoms with E-state index in [1.165, 1.54) is 0 Å². The van der Waals surface area contributed by atoms with Crippen molar-refractivity contribution in [1.82, 2.24) is 5.06 Å². The van der Waals surface area contributed by atoms with Crippen LogP contribution in [0, 0.1) is 5.21 Å². The average molecular weight is 261 g/mol. The molecule has 0 unspecified atom stereocenters. The number of nitrogens with zero attached hydrogens (tertiary/aromatic N) is 2. The van der Waals surface area contributed by atoms with E-state index in [4.69, 9.17) is 0 Å². The lowest BCUT2D eigenvalue weighted by Crippen LogP contribution is -2.56. The van der Waals surface area contributed by atoms with Crippen LogP contribution in [0.3, 0.4) is 0 Å². The molecule has 0 aliphatic carbocycles. The summed E-state index contributed by atoms with van der Waals surface area (Å²) in [6, 6.07) is 9.18. The van der Waals surface area contributed by atoms with Crippen LogP contribution in [-0.4, -0.2) is 26.7 Å². The summed E-state index contributed by atoms with van der Waals surface area (Å²) in [7, 11) is 0. The van der Waals surface area contributed by atoms with Crippen molar-refractivity contribution in [2.24, 2.45) is 0 Å². The Kier molecular flexibility index (Phi) is 3.31. The van der Waals surface area contributed by atoms with E-state index in [2.05, 4.69) is 0 Å². The number of rotatable bonds is 3. The van der Waals surface area contributed by atoms with Crippen molar-refractivity contribution in [3.8, 4) is 0 Å². The van der Waals surface area contributed by atoms with Gasteiger partial charge in [0.25, 0.3) is 0 Å². The highest BCUT2D eigenvalue weighted by atomic mass is 16.5. The average Bonchev–Trinajstić information content (AvgIpc) is 2.60. The van der Waals surface area contributed by atoms with E-state index in [0.29, 0.717) is 18.4 Å². The second kappa shape index (κ2) is 4.53. The Balaban J connectivity index is 2.62. The molecule has 19 heavy (non-hydrogen) atoms. The maximum Gasteiger partial charge on any atom is 0.316 e. The number of hydrogen-bond acceptors (Lipinski definition) is 2. The number of benzene rings is 1. The minimum Gasteiger partial charge on any atom is -0.714 e. The third-order valence-corrected chi connectivity index (χ3v) is 4.85. The zero-order valence-corrected chi connectivity index (χ0v) is 12.0. The Morgan fingerprint density at radius 1 is 1.16 bits per heavy atom. The lowest BCUT2D eigenvalue weighted by Gasteiger charge is -2.37. The first-order valence-electron chi connectivity index (χ1n) is 6.79. The maximum atomic E-state index is 12.7. The Hall–Kier alpha value is -1.55. The van der Waals surface area contributed by atoms with E-state index >= 15 is 0 Å². The van der Waals surface area contributed by atoms with Crippen LogP contribution >= 0.6 is 0 Å². The van der Waals surface area contributed by atoms with Crippen LogP contribution in [0.5, 0.6) is 0 Å². The summed E-state index contributed by atoms with van der Waals surface area (Å²) in [6.07, 6.45) is 1.27. The van der Waals surface area contributed by atoms with Gasteiger partial charge in [0, 0.05) is 5.21 Å². The highest BCUT2D eigenvalue weighted by Gasteiger charge is 2.63. The van der Waals surface area contributed by atoms with Crippen LogP contribution in [0.1, 0.15) is 46.1 Å². The van der Waals surface area contributed by atoms with Crippen LogP contribution in [0.4, 0.5) is 0 Å². The molecule has 1 radical (unpaired) electrons. The van der Waals surface area contributed by atoms with Gasteiger partial charge in [-0.25, -0.2) is 0 Å².